The first-order chi connectivity index (χ1) is 13.5. The van der Waals surface area contributed by atoms with E-state index in [0.717, 1.165) is 16.0 Å². The number of rotatable bonds is 5. The predicted octanol–water partition coefficient (Wildman–Crippen LogP) is 4.06. The average Bonchev–Trinajstić information content (AvgIpc) is 3.41. The van der Waals surface area contributed by atoms with Gasteiger partial charge in [0.05, 0.1) is 4.88 Å². The van der Waals surface area contributed by atoms with E-state index in [-0.39, 0.29) is 11.9 Å². The van der Waals surface area contributed by atoms with Crippen LogP contribution in [0, 0.1) is 0 Å². The van der Waals surface area contributed by atoms with Gasteiger partial charge in [-0.1, -0.05) is 36.4 Å². The molecule has 8 heteroatoms. The lowest BCUT2D eigenvalue weighted by Crippen LogP contribution is -2.46. The van der Waals surface area contributed by atoms with Crippen LogP contribution in [0.5, 0.6) is 0 Å². The van der Waals surface area contributed by atoms with E-state index in [4.69, 9.17) is 0 Å². The number of hydrogen-bond acceptors (Lipinski definition) is 5. The van der Waals surface area contributed by atoms with Gasteiger partial charge in [0.1, 0.15) is 4.21 Å². The highest BCUT2D eigenvalue weighted by Gasteiger charge is 2.29. The highest BCUT2D eigenvalue weighted by atomic mass is 32.2. The molecule has 1 aliphatic heterocycles. The fourth-order valence-electron chi connectivity index (χ4n) is 3.36. The SMILES string of the molecule is O=C(c1sccc1-c1ccccc1)N1CCC(NS(=O)(=O)c2cccs2)CC1. The number of nitrogens with one attached hydrogen (secondary N) is 1. The second kappa shape index (κ2) is 8.16. The molecule has 4 rings (SSSR count). The van der Waals surface area contributed by atoms with Crippen molar-refractivity contribution >= 4 is 38.6 Å². The number of carbonyl (C=O) groups is 1. The Morgan fingerprint density at radius 3 is 2.39 bits per heavy atom. The van der Waals surface area contributed by atoms with E-state index in [0.29, 0.717) is 30.1 Å². The Morgan fingerprint density at radius 1 is 0.964 bits per heavy atom. The summed E-state index contributed by atoms with van der Waals surface area (Å²) < 4.78 is 27.9. The second-order valence-corrected chi connectivity index (χ2v) is 10.5. The molecule has 0 saturated carbocycles. The van der Waals surface area contributed by atoms with Crippen LogP contribution < -0.4 is 4.72 Å². The number of hydrogen-bond donors (Lipinski definition) is 1. The van der Waals surface area contributed by atoms with Crippen LogP contribution in [0.4, 0.5) is 0 Å². The van der Waals surface area contributed by atoms with Crippen molar-refractivity contribution in [2.75, 3.05) is 13.1 Å². The van der Waals surface area contributed by atoms with E-state index in [1.165, 1.54) is 22.7 Å². The Kier molecular flexibility index (Phi) is 5.63. The first-order valence-electron chi connectivity index (χ1n) is 9.02. The summed E-state index contributed by atoms with van der Waals surface area (Å²) in [6.07, 6.45) is 1.23. The van der Waals surface area contributed by atoms with Crippen molar-refractivity contribution in [2.45, 2.75) is 23.1 Å². The van der Waals surface area contributed by atoms with Crippen LogP contribution in [0.3, 0.4) is 0 Å². The van der Waals surface area contributed by atoms with Gasteiger partial charge in [0.2, 0.25) is 10.0 Å². The third-order valence-electron chi connectivity index (χ3n) is 4.81. The second-order valence-electron chi connectivity index (χ2n) is 6.65. The summed E-state index contributed by atoms with van der Waals surface area (Å²) in [6, 6.07) is 15.1. The zero-order valence-electron chi connectivity index (χ0n) is 15.1. The molecule has 1 amide bonds. The molecule has 2 aromatic heterocycles. The molecular weight excluding hydrogens is 412 g/mol. The standard InChI is InChI=1S/C20H20N2O3S3/c23-20(19-17(10-14-27-19)15-5-2-1-3-6-15)22-11-8-16(9-12-22)21-28(24,25)18-7-4-13-26-18/h1-7,10,13-14,16,21H,8-9,11-12H2. The van der Waals surface area contributed by atoms with E-state index >= 15 is 0 Å². The van der Waals surface area contributed by atoms with Gasteiger partial charge >= 0.3 is 0 Å². The highest BCUT2D eigenvalue weighted by molar-refractivity contribution is 7.91. The van der Waals surface area contributed by atoms with Crippen LogP contribution in [-0.4, -0.2) is 38.4 Å². The lowest BCUT2D eigenvalue weighted by Gasteiger charge is -2.32. The summed E-state index contributed by atoms with van der Waals surface area (Å²) in [4.78, 5) is 15.6. The Bertz CT molecular complexity index is 1040. The summed E-state index contributed by atoms with van der Waals surface area (Å²) in [7, 11) is -3.47. The van der Waals surface area contributed by atoms with Crippen LogP contribution >= 0.6 is 22.7 Å². The van der Waals surface area contributed by atoms with Crippen LogP contribution in [0.1, 0.15) is 22.5 Å². The van der Waals surface area contributed by atoms with Gasteiger partial charge in [-0.05, 0) is 41.3 Å². The van der Waals surface area contributed by atoms with Crippen LogP contribution in [0.15, 0.2) is 63.5 Å². The molecule has 5 nitrogen and oxygen atoms in total. The zero-order valence-corrected chi connectivity index (χ0v) is 17.5. The quantitative estimate of drug-likeness (QED) is 0.661. The molecule has 28 heavy (non-hydrogen) atoms. The van der Waals surface area contributed by atoms with Crippen LogP contribution in [-0.2, 0) is 10.0 Å². The number of amides is 1. The molecule has 0 bridgehead atoms. The smallest absolute Gasteiger partial charge is 0.264 e. The predicted molar refractivity (Wildman–Crippen MR) is 113 cm³/mol. The molecule has 1 fully saturated rings. The van der Waals surface area contributed by atoms with E-state index in [9.17, 15) is 13.2 Å². The topological polar surface area (TPSA) is 66.5 Å². The Labute approximate surface area is 172 Å². The Balaban J connectivity index is 1.41. The number of carbonyl (C=O) groups excluding carboxylic acids is 1. The van der Waals surface area contributed by atoms with Gasteiger partial charge in [-0.15, -0.1) is 22.7 Å². The van der Waals surface area contributed by atoms with E-state index in [2.05, 4.69) is 4.72 Å². The minimum absolute atomic E-state index is 0.0217. The molecule has 1 N–H and O–H groups in total. The van der Waals surface area contributed by atoms with Crippen molar-refractivity contribution < 1.29 is 13.2 Å². The van der Waals surface area contributed by atoms with Gasteiger partial charge < -0.3 is 4.90 Å². The molecule has 0 atom stereocenters. The van der Waals surface area contributed by atoms with Gasteiger partial charge in [-0.2, -0.15) is 0 Å². The molecular formula is C20H20N2O3S3. The maximum Gasteiger partial charge on any atom is 0.264 e. The first kappa shape index (κ1) is 19.3. The third kappa shape index (κ3) is 4.05. The van der Waals surface area contributed by atoms with E-state index in [1.807, 2.05) is 46.7 Å². The summed E-state index contributed by atoms with van der Waals surface area (Å²) in [5, 5.41) is 3.69. The van der Waals surface area contributed by atoms with Crippen molar-refractivity contribution in [1.82, 2.24) is 9.62 Å². The number of sulfonamides is 1. The molecule has 146 valence electrons. The minimum atomic E-state index is -3.47. The number of benzene rings is 1. The minimum Gasteiger partial charge on any atom is -0.338 e. The van der Waals surface area contributed by atoms with Crippen LogP contribution in [0.25, 0.3) is 11.1 Å². The van der Waals surface area contributed by atoms with Gasteiger partial charge in [-0.3, -0.25) is 4.79 Å². The number of thiophene rings is 2. The summed E-state index contributed by atoms with van der Waals surface area (Å²) >= 11 is 2.66. The summed E-state index contributed by atoms with van der Waals surface area (Å²) in [6.45, 7) is 1.09. The van der Waals surface area contributed by atoms with Crippen molar-refractivity contribution in [1.29, 1.82) is 0 Å². The molecule has 0 radical (unpaired) electrons. The van der Waals surface area contributed by atoms with E-state index < -0.39 is 10.0 Å². The fraction of sp³-hybridized carbons (Fsp3) is 0.250. The largest absolute Gasteiger partial charge is 0.338 e. The van der Waals surface area contributed by atoms with Gasteiger partial charge in [-0.25, -0.2) is 13.1 Å². The molecule has 0 spiro atoms. The molecule has 1 aromatic carbocycles. The monoisotopic (exact) mass is 432 g/mol. The normalized spacial score (nSPS) is 15.6. The van der Waals surface area contributed by atoms with Gasteiger partial charge in [0.25, 0.3) is 5.91 Å². The lowest BCUT2D eigenvalue weighted by molar-refractivity contribution is 0.0717. The fourth-order valence-corrected chi connectivity index (χ4v) is 6.56. The molecule has 1 saturated heterocycles. The zero-order chi connectivity index (χ0) is 19.6. The average molecular weight is 433 g/mol. The highest BCUT2D eigenvalue weighted by Crippen LogP contribution is 2.30. The Hall–Kier alpha value is -2.00. The molecule has 0 aliphatic carbocycles. The van der Waals surface area contributed by atoms with Crippen LogP contribution in [0.2, 0.25) is 0 Å². The maximum atomic E-state index is 13.0. The molecule has 1 aliphatic rings. The Morgan fingerprint density at radius 2 is 1.71 bits per heavy atom. The van der Waals surface area contributed by atoms with Crippen molar-refractivity contribution in [3.05, 3.63) is 64.2 Å². The van der Waals surface area contributed by atoms with Gasteiger partial charge in [0.15, 0.2) is 0 Å². The lowest BCUT2D eigenvalue weighted by atomic mass is 10.0. The first-order valence-corrected chi connectivity index (χ1v) is 12.3. The summed E-state index contributed by atoms with van der Waals surface area (Å²) in [5.41, 5.74) is 1.99. The molecule has 3 aromatic rings. The maximum absolute atomic E-state index is 13.0. The van der Waals surface area contributed by atoms with Crippen molar-refractivity contribution in [2.24, 2.45) is 0 Å². The van der Waals surface area contributed by atoms with E-state index in [1.54, 1.807) is 17.5 Å². The van der Waals surface area contributed by atoms with Crippen molar-refractivity contribution in [3.8, 4) is 11.1 Å². The van der Waals surface area contributed by atoms with Gasteiger partial charge in [0, 0.05) is 24.7 Å². The van der Waals surface area contributed by atoms with Crippen molar-refractivity contribution in [3.63, 3.8) is 0 Å². The molecule has 3 heterocycles. The number of likely N-dealkylation sites (tertiary alicyclic amines) is 1. The number of piperidine rings is 1. The number of nitrogens with zero attached hydrogens (tertiary/aromatic N) is 1. The summed E-state index contributed by atoms with van der Waals surface area (Å²) in [5.74, 6) is 0.0217. The third-order valence-corrected chi connectivity index (χ3v) is 8.63. The molecule has 0 unspecified atom stereocenters.